The summed E-state index contributed by atoms with van der Waals surface area (Å²) in [6, 6.07) is -0.490. The molecule has 0 aromatic rings. The minimum absolute atomic E-state index is 0.208. The van der Waals surface area contributed by atoms with Gasteiger partial charge in [0.05, 0.1) is 25.9 Å². The molecule has 28 heavy (non-hydrogen) atoms. The molecule has 9 heteroatoms. The van der Waals surface area contributed by atoms with Crippen molar-refractivity contribution < 1.29 is 38.4 Å². The summed E-state index contributed by atoms with van der Waals surface area (Å²) in [6.45, 7) is 9.12. The fourth-order valence-corrected chi connectivity index (χ4v) is 3.36. The number of carbonyl (C=O) groups excluding carboxylic acids is 2. The van der Waals surface area contributed by atoms with Gasteiger partial charge in [0.1, 0.15) is 17.4 Å². The van der Waals surface area contributed by atoms with Crippen LogP contribution in [0, 0.1) is 0 Å². The molecule has 4 unspecified atom stereocenters. The lowest BCUT2D eigenvalue weighted by atomic mass is 9.93. The summed E-state index contributed by atoms with van der Waals surface area (Å²) in [7, 11) is 2.65. The zero-order valence-electron chi connectivity index (χ0n) is 17.6. The van der Waals surface area contributed by atoms with Gasteiger partial charge in [0.15, 0.2) is 6.29 Å². The maximum Gasteiger partial charge on any atom is 0.412 e. The molecule has 1 N–H and O–H groups in total. The molecule has 1 amide bonds. The number of esters is 1. The van der Waals surface area contributed by atoms with E-state index in [1.165, 1.54) is 25.2 Å². The molecular weight excluding hydrogens is 370 g/mol. The highest BCUT2D eigenvalue weighted by molar-refractivity contribution is 5.82. The number of carbonyl (C=O) groups is 2. The van der Waals surface area contributed by atoms with Gasteiger partial charge < -0.3 is 28.8 Å². The van der Waals surface area contributed by atoms with E-state index in [2.05, 4.69) is 4.74 Å². The minimum Gasteiger partial charge on any atom is -0.466 e. The molecule has 0 aromatic carbocycles. The van der Waals surface area contributed by atoms with E-state index in [-0.39, 0.29) is 13.0 Å². The highest BCUT2D eigenvalue weighted by Gasteiger charge is 2.51. The average Bonchev–Trinajstić information content (AvgIpc) is 2.90. The number of nitrogens with zero attached hydrogens (tertiary/aromatic N) is 1. The average molecular weight is 401 g/mol. The molecule has 0 radical (unpaired) electrons. The standard InChI is InChI=1S/C19H31NO8/c1-18(2,3)28-17(23)20-12(10-26-19(20,4)5)13-8-11(9-14(21)24-6)15(22)16(25-7)27-13/h9,12-13,15-16,22H,8,10H2,1-7H3/b11-9+. The Kier molecular flexibility index (Phi) is 6.75. The second-order valence-corrected chi connectivity index (χ2v) is 8.35. The van der Waals surface area contributed by atoms with Crippen LogP contribution in [-0.4, -0.2) is 78.8 Å². The van der Waals surface area contributed by atoms with Crippen molar-refractivity contribution in [2.24, 2.45) is 0 Å². The first-order valence-corrected chi connectivity index (χ1v) is 9.20. The second kappa shape index (κ2) is 8.36. The summed E-state index contributed by atoms with van der Waals surface area (Å²) in [5, 5.41) is 10.4. The highest BCUT2D eigenvalue weighted by atomic mass is 16.7. The molecule has 9 nitrogen and oxygen atoms in total. The molecule has 2 saturated heterocycles. The monoisotopic (exact) mass is 401 g/mol. The van der Waals surface area contributed by atoms with Crippen LogP contribution in [0.2, 0.25) is 0 Å². The zero-order valence-corrected chi connectivity index (χ0v) is 17.6. The smallest absolute Gasteiger partial charge is 0.412 e. The number of ether oxygens (including phenoxy) is 5. The van der Waals surface area contributed by atoms with Gasteiger partial charge in [-0.2, -0.15) is 0 Å². The van der Waals surface area contributed by atoms with Gasteiger partial charge in [-0.25, -0.2) is 9.59 Å². The highest BCUT2D eigenvalue weighted by Crippen LogP contribution is 2.36. The van der Waals surface area contributed by atoms with Gasteiger partial charge in [0, 0.05) is 19.6 Å². The molecule has 0 saturated carbocycles. The number of hydrogen-bond acceptors (Lipinski definition) is 8. The van der Waals surface area contributed by atoms with Crippen molar-refractivity contribution in [1.29, 1.82) is 0 Å². The third-order valence-electron chi connectivity index (χ3n) is 4.66. The maximum absolute atomic E-state index is 12.8. The molecule has 0 aromatic heterocycles. The van der Waals surface area contributed by atoms with Gasteiger partial charge in [0.25, 0.3) is 0 Å². The van der Waals surface area contributed by atoms with Gasteiger partial charge in [-0.05, 0) is 40.2 Å². The summed E-state index contributed by atoms with van der Waals surface area (Å²) in [5.74, 6) is -0.587. The van der Waals surface area contributed by atoms with Gasteiger partial charge in [-0.1, -0.05) is 0 Å². The lowest BCUT2D eigenvalue weighted by molar-refractivity contribution is -0.221. The van der Waals surface area contributed by atoms with Crippen molar-refractivity contribution in [2.45, 2.75) is 76.9 Å². The number of aliphatic hydroxyl groups excluding tert-OH is 1. The predicted octanol–water partition coefficient (Wildman–Crippen LogP) is 1.58. The number of aliphatic hydroxyl groups is 1. The van der Waals surface area contributed by atoms with Crippen LogP contribution in [0.3, 0.4) is 0 Å². The largest absolute Gasteiger partial charge is 0.466 e. The third-order valence-corrected chi connectivity index (χ3v) is 4.66. The van der Waals surface area contributed by atoms with Crippen LogP contribution in [-0.2, 0) is 28.5 Å². The molecule has 0 aliphatic carbocycles. The quantitative estimate of drug-likeness (QED) is 0.562. The first kappa shape index (κ1) is 22.6. The SMILES string of the molecule is COC(=O)/C=C1\CC(C2COC(C)(C)N2C(=O)OC(C)(C)C)OC(OC)C1O. The summed E-state index contributed by atoms with van der Waals surface area (Å²) in [6.07, 6.45) is -1.77. The van der Waals surface area contributed by atoms with Crippen molar-refractivity contribution in [3.05, 3.63) is 11.6 Å². The molecule has 0 bridgehead atoms. The molecule has 2 rings (SSSR count). The molecule has 0 spiro atoms. The third kappa shape index (κ3) is 5.02. The van der Waals surface area contributed by atoms with Crippen LogP contribution in [0.1, 0.15) is 41.0 Å². The van der Waals surface area contributed by atoms with E-state index in [4.69, 9.17) is 18.9 Å². The Labute approximate surface area is 165 Å². The molecule has 2 aliphatic rings. The fraction of sp³-hybridized carbons (Fsp3) is 0.789. The lowest BCUT2D eigenvalue weighted by Gasteiger charge is -2.41. The van der Waals surface area contributed by atoms with Crippen molar-refractivity contribution in [2.75, 3.05) is 20.8 Å². The van der Waals surface area contributed by atoms with E-state index in [0.717, 1.165) is 0 Å². The first-order valence-electron chi connectivity index (χ1n) is 9.20. The van der Waals surface area contributed by atoms with Crippen LogP contribution < -0.4 is 0 Å². The Balaban J connectivity index is 2.31. The van der Waals surface area contributed by atoms with Crippen LogP contribution in [0.15, 0.2) is 11.6 Å². The normalized spacial score (nSPS) is 31.7. The summed E-state index contributed by atoms with van der Waals surface area (Å²) in [4.78, 5) is 26.0. The number of rotatable bonds is 3. The number of methoxy groups -OCH3 is 2. The minimum atomic E-state index is -1.12. The number of amides is 1. The van der Waals surface area contributed by atoms with Crippen molar-refractivity contribution in [3.8, 4) is 0 Å². The molecule has 2 aliphatic heterocycles. The predicted molar refractivity (Wildman–Crippen MR) is 98.3 cm³/mol. The van der Waals surface area contributed by atoms with Crippen LogP contribution in [0.25, 0.3) is 0 Å². The lowest BCUT2D eigenvalue weighted by Crippen LogP contribution is -2.56. The van der Waals surface area contributed by atoms with Crippen LogP contribution >= 0.6 is 0 Å². The Morgan fingerprint density at radius 2 is 1.93 bits per heavy atom. The van der Waals surface area contributed by atoms with E-state index in [9.17, 15) is 14.7 Å². The van der Waals surface area contributed by atoms with E-state index in [1.807, 2.05) is 0 Å². The number of hydrogen-bond donors (Lipinski definition) is 1. The fourth-order valence-electron chi connectivity index (χ4n) is 3.36. The Bertz CT molecular complexity index is 624. The molecule has 160 valence electrons. The van der Waals surface area contributed by atoms with Gasteiger partial charge in [0.2, 0.25) is 0 Å². The van der Waals surface area contributed by atoms with Gasteiger partial charge in [-0.15, -0.1) is 0 Å². The zero-order chi connectivity index (χ0) is 21.3. The van der Waals surface area contributed by atoms with Gasteiger partial charge in [-0.3, -0.25) is 4.90 Å². The molecule has 4 atom stereocenters. The summed E-state index contributed by atoms with van der Waals surface area (Å²) in [5.41, 5.74) is -1.17. The van der Waals surface area contributed by atoms with E-state index in [0.29, 0.717) is 5.57 Å². The molecule has 2 fully saturated rings. The van der Waals surface area contributed by atoms with Crippen molar-refractivity contribution in [1.82, 2.24) is 4.90 Å². The van der Waals surface area contributed by atoms with Crippen LogP contribution in [0.4, 0.5) is 4.79 Å². The van der Waals surface area contributed by atoms with E-state index < -0.39 is 47.9 Å². The molecular formula is C19H31NO8. The van der Waals surface area contributed by atoms with E-state index in [1.54, 1.807) is 34.6 Å². The van der Waals surface area contributed by atoms with Gasteiger partial charge >= 0.3 is 12.1 Å². The topological polar surface area (TPSA) is 104 Å². The summed E-state index contributed by atoms with van der Waals surface area (Å²) < 4.78 is 27.1. The van der Waals surface area contributed by atoms with E-state index >= 15 is 0 Å². The summed E-state index contributed by atoms with van der Waals surface area (Å²) >= 11 is 0. The molecule has 2 heterocycles. The Morgan fingerprint density at radius 3 is 2.46 bits per heavy atom. The van der Waals surface area contributed by atoms with Crippen molar-refractivity contribution in [3.63, 3.8) is 0 Å². The van der Waals surface area contributed by atoms with Crippen molar-refractivity contribution >= 4 is 12.1 Å². The Morgan fingerprint density at radius 1 is 1.29 bits per heavy atom. The maximum atomic E-state index is 12.8. The van der Waals surface area contributed by atoms with Crippen LogP contribution in [0.5, 0.6) is 0 Å². The Hall–Kier alpha value is -1.68. The first-order chi connectivity index (χ1) is 12.9. The second-order valence-electron chi connectivity index (χ2n) is 8.35.